The van der Waals surface area contributed by atoms with Crippen molar-refractivity contribution in [2.24, 2.45) is 11.8 Å². The van der Waals surface area contributed by atoms with E-state index in [1.54, 1.807) is 7.11 Å². The number of anilines is 1. The highest BCUT2D eigenvalue weighted by atomic mass is 16.5. The number of methoxy groups -OCH3 is 1. The van der Waals surface area contributed by atoms with Crippen LogP contribution in [0.5, 0.6) is 0 Å². The highest BCUT2D eigenvalue weighted by Crippen LogP contribution is 2.30. The molecule has 5 nitrogen and oxygen atoms in total. The molecule has 0 saturated heterocycles. The van der Waals surface area contributed by atoms with E-state index in [2.05, 4.69) is 16.7 Å². The van der Waals surface area contributed by atoms with Gasteiger partial charge in [-0.25, -0.2) is 0 Å². The zero-order valence-electron chi connectivity index (χ0n) is 15.6. The molecule has 1 aromatic rings. The molecule has 0 heterocycles. The van der Waals surface area contributed by atoms with Crippen LogP contribution in [0.1, 0.15) is 43.2 Å². The SMILES string of the molecule is COCCCNC(=O)C1CCC(C(=O)Nc2cc(C)cc(C)c2)CC1. The first kappa shape index (κ1) is 19.4. The van der Waals surface area contributed by atoms with E-state index < -0.39 is 0 Å². The fourth-order valence-corrected chi connectivity index (χ4v) is 3.48. The summed E-state index contributed by atoms with van der Waals surface area (Å²) in [6, 6.07) is 6.07. The Hall–Kier alpha value is -1.88. The van der Waals surface area contributed by atoms with E-state index in [9.17, 15) is 9.59 Å². The van der Waals surface area contributed by atoms with Crippen molar-refractivity contribution in [2.75, 3.05) is 25.6 Å². The lowest BCUT2D eigenvalue weighted by Gasteiger charge is -2.27. The third-order valence-corrected chi connectivity index (χ3v) is 4.78. The predicted octanol–water partition coefficient (Wildman–Crippen LogP) is 3.20. The summed E-state index contributed by atoms with van der Waals surface area (Å²) in [7, 11) is 1.66. The molecular weight excluding hydrogens is 316 g/mol. The molecule has 0 unspecified atom stereocenters. The Bertz CT molecular complexity index is 572. The molecule has 2 rings (SSSR count). The number of nitrogens with one attached hydrogen (secondary N) is 2. The van der Waals surface area contributed by atoms with Gasteiger partial charge in [-0.3, -0.25) is 9.59 Å². The number of hydrogen-bond acceptors (Lipinski definition) is 3. The van der Waals surface area contributed by atoms with Gasteiger partial charge in [0.05, 0.1) is 0 Å². The van der Waals surface area contributed by atoms with Crippen molar-refractivity contribution in [3.05, 3.63) is 29.3 Å². The third-order valence-electron chi connectivity index (χ3n) is 4.78. The number of hydrogen-bond donors (Lipinski definition) is 2. The van der Waals surface area contributed by atoms with Crippen LogP contribution < -0.4 is 10.6 Å². The van der Waals surface area contributed by atoms with E-state index in [0.29, 0.717) is 13.2 Å². The number of benzene rings is 1. The summed E-state index contributed by atoms with van der Waals surface area (Å²) in [5.74, 6) is 0.222. The predicted molar refractivity (Wildman–Crippen MR) is 99.5 cm³/mol. The van der Waals surface area contributed by atoms with Gasteiger partial charge >= 0.3 is 0 Å². The molecule has 0 aromatic heterocycles. The number of amides is 2. The Morgan fingerprint density at radius 3 is 2.12 bits per heavy atom. The number of aryl methyl sites for hydroxylation is 2. The van der Waals surface area contributed by atoms with E-state index in [-0.39, 0.29) is 23.7 Å². The van der Waals surface area contributed by atoms with Gasteiger partial charge in [-0.15, -0.1) is 0 Å². The summed E-state index contributed by atoms with van der Waals surface area (Å²) in [6.07, 6.45) is 3.93. The minimum absolute atomic E-state index is 0.00152. The first-order chi connectivity index (χ1) is 12.0. The van der Waals surface area contributed by atoms with Crippen LogP contribution in [-0.4, -0.2) is 32.1 Å². The van der Waals surface area contributed by atoms with Crippen molar-refractivity contribution in [3.8, 4) is 0 Å². The second-order valence-corrected chi connectivity index (χ2v) is 7.05. The smallest absolute Gasteiger partial charge is 0.227 e. The van der Waals surface area contributed by atoms with Crippen molar-refractivity contribution >= 4 is 17.5 Å². The molecule has 138 valence electrons. The zero-order chi connectivity index (χ0) is 18.2. The van der Waals surface area contributed by atoms with Gasteiger partial charge in [-0.1, -0.05) is 6.07 Å². The van der Waals surface area contributed by atoms with Gasteiger partial charge in [0.25, 0.3) is 0 Å². The summed E-state index contributed by atoms with van der Waals surface area (Å²) in [4.78, 5) is 24.6. The molecular formula is C20H30N2O3. The highest BCUT2D eigenvalue weighted by molar-refractivity contribution is 5.93. The Balaban J connectivity index is 1.77. The molecule has 1 aliphatic rings. The Morgan fingerprint density at radius 2 is 1.56 bits per heavy atom. The summed E-state index contributed by atoms with van der Waals surface area (Å²) in [5, 5.41) is 6.00. The number of carbonyl (C=O) groups is 2. The number of carbonyl (C=O) groups excluding carboxylic acids is 2. The van der Waals surface area contributed by atoms with Crippen molar-refractivity contribution in [2.45, 2.75) is 46.0 Å². The van der Waals surface area contributed by atoms with E-state index in [4.69, 9.17) is 4.74 Å². The van der Waals surface area contributed by atoms with E-state index in [1.165, 1.54) is 0 Å². The fourth-order valence-electron chi connectivity index (χ4n) is 3.48. The third kappa shape index (κ3) is 6.16. The van der Waals surface area contributed by atoms with E-state index >= 15 is 0 Å². The number of rotatable bonds is 7. The molecule has 5 heteroatoms. The van der Waals surface area contributed by atoms with Gasteiger partial charge < -0.3 is 15.4 Å². The molecule has 1 aliphatic carbocycles. The van der Waals surface area contributed by atoms with Crippen molar-refractivity contribution in [1.29, 1.82) is 0 Å². The second kappa shape index (κ2) is 9.56. The maximum absolute atomic E-state index is 12.5. The quantitative estimate of drug-likeness (QED) is 0.745. The van der Waals surface area contributed by atoms with Gasteiger partial charge in [-0.05, 0) is 69.2 Å². The fraction of sp³-hybridized carbons (Fsp3) is 0.600. The van der Waals surface area contributed by atoms with Gasteiger partial charge in [-0.2, -0.15) is 0 Å². The highest BCUT2D eigenvalue weighted by Gasteiger charge is 2.29. The van der Waals surface area contributed by atoms with Gasteiger partial charge in [0, 0.05) is 37.8 Å². The molecule has 1 aromatic carbocycles. The van der Waals surface area contributed by atoms with Crippen LogP contribution in [0.2, 0.25) is 0 Å². The Morgan fingerprint density at radius 1 is 1.00 bits per heavy atom. The van der Waals surface area contributed by atoms with Gasteiger partial charge in [0.1, 0.15) is 0 Å². The summed E-state index contributed by atoms with van der Waals surface area (Å²) in [5.41, 5.74) is 3.15. The molecule has 25 heavy (non-hydrogen) atoms. The number of ether oxygens (including phenoxy) is 1. The first-order valence-electron chi connectivity index (χ1n) is 9.15. The summed E-state index contributed by atoms with van der Waals surface area (Å²) in [6.45, 7) is 5.36. The molecule has 1 saturated carbocycles. The van der Waals surface area contributed by atoms with Crippen LogP contribution in [-0.2, 0) is 14.3 Å². The lowest BCUT2D eigenvalue weighted by Crippen LogP contribution is -2.36. The maximum Gasteiger partial charge on any atom is 0.227 e. The minimum Gasteiger partial charge on any atom is -0.385 e. The summed E-state index contributed by atoms with van der Waals surface area (Å²) < 4.78 is 4.98. The molecule has 0 spiro atoms. The standard InChI is InChI=1S/C20H30N2O3/c1-14-11-15(2)13-18(12-14)22-20(24)17-7-5-16(6-8-17)19(23)21-9-4-10-25-3/h11-13,16-17H,4-10H2,1-3H3,(H,21,23)(H,22,24). The van der Waals surface area contributed by atoms with Crippen LogP contribution in [0.25, 0.3) is 0 Å². The average Bonchev–Trinajstić information content (AvgIpc) is 2.57. The summed E-state index contributed by atoms with van der Waals surface area (Å²) >= 11 is 0. The van der Waals surface area contributed by atoms with Gasteiger partial charge in [0.2, 0.25) is 11.8 Å². The first-order valence-corrected chi connectivity index (χ1v) is 9.15. The molecule has 0 bridgehead atoms. The molecule has 0 atom stereocenters. The minimum atomic E-state index is -0.00152. The normalized spacial score (nSPS) is 20.1. The van der Waals surface area contributed by atoms with Gasteiger partial charge in [0.15, 0.2) is 0 Å². The molecule has 2 N–H and O–H groups in total. The lowest BCUT2D eigenvalue weighted by molar-refractivity contribution is -0.128. The lowest BCUT2D eigenvalue weighted by atomic mass is 9.81. The molecule has 0 aliphatic heterocycles. The zero-order valence-corrected chi connectivity index (χ0v) is 15.6. The van der Waals surface area contributed by atoms with Crippen LogP contribution in [0.15, 0.2) is 18.2 Å². The average molecular weight is 346 g/mol. The molecule has 0 radical (unpaired) electrons. The van der Waals surface area contributed by atoms with Crippen LogP contribution in [0, 0.1) is 25.7 Å². The Labute approximate surface area is 150 Å². The van der Waals surface area contributed by atoms with E-state index in [0.717, 1.165) is 48.9 Å². The van der Waals surface area contributed by atoms with Crippen LogP contribution in [0.3, 0.4) is 0 Å². The van der Waals surface area contributed by atoms with Crippen LogP contribution >= 0.6 is 0 Å². The second-order valence-electron chi connectivity index (χ2n) is 7.05. The largest absolute Gasteiger partial charge is 0.385 e. The van der Waals surface area contributed by atoms with Crippen molar-refractivity contribution in [1.82, 2.24) is 5.32 Å². The van der Waals surface area contributed by atoms with E-state index in [1.807, 2.05) is 26.0 Å². The molecule has 2 amide bonds. The van der Waals surface area contributed by atoms with Crippen LogP contribution in [0.4, 0.5) is 5.69 Å². The molecule has 1 fully saturated rings. The van der Waals surface area contributed by atoms with Crippen molar-refractivity contribution in [3.63, 3.8) is 0 Å². The topological polar surface area (TPSA) is 67.4 Å². The van der Waals surface area contributed by atoms with Crippen molar-refractivity contribution < 1.29 is 14.3 Å². The Kier molecular flexibility index (Phi) is 7.44. The maximum atomic E-state index is 12.5. The monoisotopic (exact) mass is 346 g/mol.